The van der Waals surface area contributed by atoms with Crippen LogP contribution in [-0.4, -0.2) is 35.0 Å². The number of carboxylic acids is 1. The van der Waals surface area contributed by atoms with E-state index < -0.39 is 5.97 Å². The standard InChI is InChI=1S/C10H15NO3/c1-7(2)9(12)11-5-3-8(4-6-11)10(13)14/h8H,1,3-6H2,2H3,(H,13,14). The Morgan fingerprint density at radius 1 is 1.36 bits per heavy atom. The molecule has 0 radical (unpaired) electrons. The number of nitrogens with zero attached hydrogens (tertiary/aromatic N) is 1. The van der Waals surface area contributed by atoms with Crippen molar-refractivity contribution in [1.82, 2.24) is 4.90 Å². The van der Waals surface area contributed by atoms with Crippen LogP contribution in [0, 0.1) is 5.92 Å². The molecule has 14 heavy (non-hydrogen) atoms. The number of carbonyl (C=O) groups excluding carboxylic acids is 1. The van der Waals surface area contributed by atoms with Crippen LogP contribution < -0.4 is 0 Å². The lowest BCUT2D eigenvalue weighted by Crippen LogP contribution is -2.40. The van der Waals surface area contributed by atoms with Crippen LogP contribution in [0.2, 0.25) is 0 Å². The van der Waals surface area contributed by atoms with Crippen LogP contribution in [-0.2, 0) is 9.59 Å². The number of rotatable bonds is 2. The van der Waals surface area contributed by atoms with Crippen molar-refractivity contribution in [3.05, 3.63) is 12.2 Å². The van der Waals surface area contributed by atoms with Gasteiger partial charge in [-0.1, -0.05) is 6.58 Å². The fraction of sp³-hybridized carbons (Fsp3) is 0.600. The summed E-state index contributed by atoms with van der Waals surface area (Å²) < 4.78 is 0. The smallest absolute Gasteiger partial charge is 0.306 e. The van der Waals surface area contributed by atoms with Crippen molar-refractivity contribution < 1.29 is 14.7 Å². The number of carboxylic acid groups (broad SMARTS) is 1. The van der Waals surface area contributed by atoms with Gasteiger partial charge in [-0.25, -0.2) is 0 Å². The fourth-order valence-electron chi connectivity index (χ4n) is 1.60. The molecule has 1 aliphatic rings. The van der Waals surface area contributed by atoms with Crippen molar-refractivity contribution >= 4 is 11.9 Å². The summed E-state index contributed by atoms with van der Waals surface area (Å²) in [6.45, 7) is 6.31. The molecule has 0 aromatic rings. The van der Waals surface area contributed by atoms with Gasteiger partial charge < -0.3 is 10.0 Å². The van der Waals surface area contributed by atoms with Crippen LogP contribution in [0.25, 0.3) is 0 Å². The van der Waals surface area contributed by atoms with E-state index in [1.807, 2.05) is 0 Å². The number of likely N-dealkylation sites (tertiary alicyclic amines) is 1. The third kappa shape index (κ3) is 2.34. The Hall–Kier alpha value is -1.32. The Kier molecular flexibility index (Phi) is 3.28. The second kappa shape index (κ2) is 4.26. The summed E-state index contributed by atoms with van der Waals surface area (Å²) in [7, 11) is 0. The lowest BCUT2D eigenvalue weighted by Gasteiger charge is -2.30. The van der Waals surface area contributed by atoms with E-state index in [0.717, 1.165) is 0 Å². The minimum Gasteiger partial charge on any atom is -0.481 e. The summed E-state index contributed by atoms with van der Waals surface area (Å²) >= 11 is 0. The molecule has 1 heterocycles. The van der Waals surface area contributed by atoms with E-state index in [-0.39, 0.29) is 11.8 Å². The molecule has 0 spiro atoms. The van der Waals surface area contributed by atoms with E-state index in [2.05, 4.69) is 6.58 Å². The first-order valence-corrected chi connectivity index (χ1v) is 4.70. The van der Waals surface area contributed by atoms with Crippen molar-refractivity contribution in [3.63, 3.8) is 0 Å². The van der Waals surface area contributed by atoms with E-state index in [9.17, 15) is 9.59 Å². The molecule has 1 aliphatic heterocycles. The number of hydrogen-bond donors (Lipinski definition) is 1. The molecule has 0 bridgehead atoms. The molecule has 0 atom stereocenters. The predicted molar refractivity (Wildman–Crippen MR) is 51.8 cm³/mol. The number of aliphatic carboxylic acids is 1. The molecule has 4 heteroatoms. The maximum absolute atomic E-state index is 11.5. The maximum Gasteiger partial charge on any atom is 0.306 e. The van der Waals surface area contributed by atoms with Gasteiger partial charge in [0, 0.05) is 18.7 Å². The van der Waals surface area contributed by atoms with E-state index in [1.54, 1.807) is 11.8 Å². The number of carbonyl (C=O) groups is 2. The highest BCUT2D eigenvalue weighted by atomic mass is 16.4. The number of hydrogen-bond acceptors (Lipinski definition) is 2. The highest BCUT2D eigenvalue weighted by molar-refractivity contribution is 5.92. The van der Waals surface area contributed by atoms with Crippen molar-refractivity contribution in [2.24, 2.45) is 5.92 Å². The summed E-state index contributed by atoms with van der Waals surface area (Å²) in [4.78, 5) is 23.8. The van der Waals surface area contributed by atoms with Crippen molar-refractivity contribution in [2.45, 2.75) is 19.8 Å². The van der Waals surface area contributed by atoms with Crippen LogP contribution in [0.4, 0.5) is 0 Å². The SMILES string of the molecule is C=C(C)C(=O)N1CCC(C(=O)O)CC1. The molecular weight excluding hydrogens is 182 g/mol. The average Bonchev–Trinajstić information content (AvgIpc) is 2.16. The van der Waals surface area contributed by atoms with Crippen molar-refractivity contribution in [1.29, 1.82) is 0 Å². The lowest BCUT2D eigenvalue weighted by molar-refractivity contribution is -0.145. The Bertz CT molecular complexity index is 265. The normalized spacial score (nSPS) is 17.9. The molecular formula is C10H15NO3. The molecule has 1 saturated heterocycles. The van der Waals surface area contributed by atoms with Gasteiger partial charge in [0.25, 0.3) is 0 Å². The van der Waals surface area contributed by atoms with Gasteiger partial charge in [-0.05, 0) is 19.8 Å². The van der Waals surface area contributed by atoms with Gasteiger partial charge in [0.15, 0.2) is 0 Å². The first-order chi connectivity index (χ1) is 6.52. The zero-order chi connectivity index (χ0) is 10.7. The molecule has 0 aromatic heterocycles. The molecule has 1 N–H and O–H groups in total. The zero-order valence-corrected chi connectivity index (χ0v) is 8.32. The zero-order valence-electron chi connectivity index (χ0n) is 8.32. The second-order valence-corrected chi connectivity index (χ2v) is 3.69. The quantitative estimate of drug-likeness (QED) is 0.669. The van der Waals surface area contributed by atoms with E-state index in [1.165, 1.54) is 0 Å². The summed E-state index contributed by atoms with van der Waals surface area (Å²) in [5.74, 6) is -1.11. The van der Waals surface area contributed by atoms with Gasteiger partial charge in [-0.15, -0.1) is 0 Å². The molecule has 1 fully saturated rings. The molecule has 78 valence electrons. The van der Waals surface area contributed by atoms with Gasteiger partial charge in [0.05, 0.1) is 5.92 Å². The molecule has 0 aliphatic carbocycles. The van der Waals surface area contributed by atoms with Gasteiger partial charge in [-0.2, -0.15) is 0 Å². The van der Waals surface area contributed by atoms with E-state index >= 15 is 0 Å². The minimum atomic E-state index is -0.757. The molecule has 0 saturated carbocycles. The second-order valence-electron chi connectivity index (χ2n) is 3.69. The summed E-state index contributed by atoms with van der Waals surface area (Å²) in [6.07, 6.45) is 1.10. The minimum absolute atomic E-state index is 0.0613. The van der Waals surface area contributed by atoms with Gasteiger partial charge in [-0.3, -0.25) is 9.59 Å². The van der Waals surface area contributed by atoms with Gasteiger partial charge >= 0.3 is 5.97 Å². The third-order valence-corrected chi connectivity index (χ3v) is 2.50. The van der Waals surface area contributed by atoms with Crippen molar-refractivity contribution in [3.8, 4) is 0 Å². The van der Waals surface area contributed by atoms with Crippen LogP contribution >= 0.6 is 0 Å². The third-order valence-electron chi connectivity index (χ3n) is 2.50. The Morgan fingerprint density at radius 2 is 1.86 bits per heavy atom. The summed E-state index contributed by atoms with van der Waals surface area (Å²) in [5.41, 5.74) is 0.513. The topological polar surface area (TPSA) is 57.6 Å². The highest BCUT2D eigenvalue weighted by Gasteiger charge is 2.26. The fourth-order valence-corrected chi connectivity index (χ4v) is 1.60. The molecule has 1 rings (SSSR count). The first kappa shape index (κ1) is 10.8. The Labute approximate surface area is 83.2 Å². The summed E-state index contributed by atoms with van der Waals surface area (Å²) in [6, 6.07) is 0. The summed E-state index contributed by atoms with van der Waals surface area (Å²) in [5, 5.41) is 8.75. The van der Waals surface area contributed by atoms with Crippen LogP contribution in [0.1, 0.15) is 19.8 Å². The first-order valence-electron chi connectivity index (χ1n) is 4.70. The average molecular weight is 197 g/mol. The van der Waals surface area contributed by atoms with E-state index in [4.69, 9.17) is 5.11 Å². The molecule has 0 unspecified atom stereocenters. The van der Waals surface area contributed by atoms with Crippen LogP contribution in [0.3, 0.4) is 0 Å². The largest absolute Gasteiger partial charge is 0.481 e. The van der Waals surface area contributed by atoms with Gasteiger partial charge in [0.2, 0.25) is 5.91 Å². The molecule has 0 aromatic carbocycles. The van der Waals surface area contributed by atoms with Gasteiger partial charge in [0.1, 0.15) is 0 Å². The highest BCUT2D eigenvalue weighted by Crippen LogP contribution is 2.18. The lowest BCUT2D eigenvalue weighted by atomic mass is 9.97. The Morgan fingerprint density at radius 3 is 2.21 bits per heavy atom. The maximum atomic E-state index is 11.5. The number of amides is 1. The molecule has 1 amide bonds. The predicted octanol–water partition coefficient (Wildman–Crippen LogP) is 0.886. The Balaban J connectivity index is 2.47. The number of piperidine rings is 1. The molecule has 4 nitrogen and oxygen atoms in total. The van der Waals surface area contributed by atoms with Crippen LogP contribution in [0.5, 0.6) is 0 Å². The van der Waals surface area contributed by atoms with Crippen LogP contribution in [0.15, 0.2) is 12.2 Å². The monoisotopic (exact) mass is 197 g/mol. The van der Waals surface area contributed by atoms with Crippen molar-refractivity contribution in [2.75, 3.05) is 13.1 Å². The van der Waals surface area contributed by atoms with E-state index in [0.29, 0.717) is 31.5 Å².